The van der Waals surface area contributed by atoms with Gasteiger partial charge in [-0.05, 0) is 43.3 Å². The summed E-state index contributed by atoms with van der Waals surface area (Å²) < 4.78 is 40.2. The molecule has 2 heterocycles. The van der Waals surface area contributed by atoms with Crippen molar-refractivity contribution in [3.8, 4) is 0 Å². The van der Waals surface area contributed by atoms with Crippen molar-refractivity contribution in [1.82, 2.24) is 14.6 Å². The molecule has 1 amide bonds. The molecule has 2 aromatic heterocycles. The highest BCUT2D eigenvalue weighted by molar-refractivity contribution is 8.00. The number of aromatic nitrogens is 3. The van der Waals surface area contributed by atoms with Gasteiger partial charge in [0.1, 0.15) is 0 Å². The summed E-state index contributed by atoms with van der Waals surface area (Å²) in [6, 6.07) is 8.63. The number of amides is 1. The highest BCUT2D eigenvalue weighted by Gasteiger charge is 2.31. The van der Waals surface area contributed by atoms with E-state index in [1.54, 1.807) is 45.0 Å². The Kier molecular flexibility index (Phi) is 6.16. The van der Waals surface area contributed by atoms with Crippen molar-refractivity contribution < 1.29 is 22.8 Å². The number of pyridine rings is 1. The van der Waals surface area contributed by atoms with Crippen LogP contribution in [0.25, 0.3) is 5.65 Å². The SMILES string of the molecule is CC(C)C(=O)Nc1ccc(C(=O)C(C)Sc2nnc3ccc(C(F)(F)F)cn23)cc1. The summed E-state index contributed by atoms with van der Waals surface area (Å²) in [5, 5.41) is 10.1. The summed E-state index contributed by atoms with van der Waals surface area (Å²) in [6.07, 6.45) is -3.57. The molecule has 1 N–H and O–H groups in total. The highest BCUT2D eigenvalue weighted by Crippen LogP contribution is 2.31. The van der Waals surface area contributed by atoms with Crippen LogP contribution in [-0.4, -0.2) is 31.5 Å². The van der Waals surface area contributed by atoms with E-state index in [1.807, 2.05) is 0 Å². The number of nitrogens with zero attached hydrogens (tertiary/aromatic N) is 3. The lowest BCUT2D eigenvalue weighted by Crippen LogP contribution is -2.18. The molecule has 0 radical (unpaired) electrons. The number of Topliss-reactive ketones (excluding diaryl/α,β-unsaturated/α-hetero) is 1. The number of thioether (sulfide) groups is 1. The Morgan fingerprint density at radius 1 is 1.03 bits per heavy atom. The van der Waals surface area contributed by atoms with E-state index in [-0.39, 0.29) is 28.4 Å². The summed E-state index contributed by atoms with van der Waals surface area (Å²) in [4.78, 5) is 24.5. The first kappa shape index (κ1) is 21.8. The molecule has 1 aromatic carbocycles. The zero-order chi connectivity index (χ0) is 22.1. The molecule has 0 bridgehead atoms. The number of halogens is 3. The standard InChI is InChI=1S/C20H19F3N4O2S/c1-11(2)18(29)24-15-7-4-13(5-8-15)17(28)12(3)30-19-26-25-16-9-6-14(10-27(16)19)20(21,22)23/h4-12H,1-3H3,(H,24,29). The van der Waals surface area contributed by atoms with Crippen molar-refractivity contribution in [2.24, 2.45) is 5.92 Å². The molecule has 0 spiro atoms. The fourth-order valence-corrected chi connectivity index (χ4v) is 3.48. The second kappa shape index (κ2) is 8.47. The topological polar surface area (TPSA) is 76.4 Å². The lowest BCUT2D eigenvalue weighted by molar-refractivity contribution is -0.137. The predicted molar refractivity (Wildman–Crippen MR) is 108 cm³/mol. The summed E-state index contributed by atoms with van der Waals surface area (Å²) in [5.74, 6) is -0.515. The second-order valence-electron chi connectivity index (χ2n) is 6.97. The maximum Gasteiger partial charge on any atom is 0.417 e. The van der Waals surface area contributed by atoms with Crippen molar-refractivity contribution in [3.05, 3.63) is 53.7 Å². The maximum atomic E-state index is 13.0. The molecule has 3 rings (SSSR count). The maximum absolute atomic E-state index is 13.0. The van der Waals surface area contributed by atoms with E-state index < -0.39 is 17.0 Å². The number of benzene rings is 1. The lowest BCUT2D eigenvalue weighted by Gasteiger charge is -2.11. The number of anilines is 1. The summed E-state index contributed by atoms with van der Waals surface area (Å²) in [6.45, 7) is 5.20. The minimum atomic E-state index is -4.49. The molecule has 1 atom stereocenters. The first-order chi connectivity index (χ1) is 14.1. The van der Waals surface area contributed by atoms with E-state index in [9.17, 15) is 22.8 Å². The third kappa shape index (κ3) is 4.81. The highest BCUT2D eigenvalue weighted by atomic mass is 32.2. The summed E-state index contributed by atoms with van der Waals surface area (Å²) in [5.41, 5.74) is 0.432. The minimum Gasteiger partial charge on any atom is -0.326 e. The number of alkyl halides is 3. The molecule has 0 aliphatic carbocycles. The van der Waals surface area contributed by atoms with Gasteiger partial charge in [0.05, 0.1) is 10.8 Å². The molecule has 158 valence electrons. The van der Waals surface area contributed by atoms with Crippen LogP contribution in [0, 0.1) is 5.92 Å². The van der Waals surface area contributed by atoms with Gasteiger partial charge in [-0.15, -0.1) is 10.2 Å². The zero-order valence-electron chi connectivity index (χ0n) is 16.4. The number of hydrogen-bond acceptors (Lipinski definition) is 5. The van der Waals surface area contributed by atoms with E-state index in [2.05, 4.69) is 15.5 Å². The van der Waals surface area contributed by atoms with E-state index in [0.717, 1.165) is 24.0 Å². The van der Waals surface area contributed by atoms with Crippen LogP contribution in [0.2, 0.25) is 0 Å². The Labute approximate surface area is 174 Å². The molecule has 0 fully saturated rings. The zero-order valence-corrected chi connectivity index (χ0v) is 17.2. The van der Waals surface area contributed by atoms with Gasteiger partial charge < -0.3 is 5.32 Å². The number of fused-ring (bicyclic) bond motifs is 1. The smallest absolute Gasteiger partial charge is 0.326 e. The Morgan fingerprint density at radius 2 is 1.70 bits per heavy atom. The minimum absolute atomic E-state index is 0.130. The van der Waals surface area contributed by atoms with Crippen LogP contribution >= 0.6 is 11.8 Å². The molecule has 10 heteroatoms. The lowest BCUT2D eigenvalue weighted by atomic mass is 10.1. The number of hydrogen-bond donors (Lipinski definition) is 1. The first-order valence-electron chi connectivity index (χ1n) is 9.10. The molecular weight excluding hydrogens is 417 g/mol. The van der Waals surface area contributed by atoms with Crippen molar-refractivity contribution >= 4 is 34.8 Å². The van der Waals surface area contributed by atoms with Gasteiger partial charge in [0, 0.05) is 23.4 Å². The number of carbonyl (C=O) groups excluding carboxylic acids is 2. The summed E-state index contributed by atoms with van der Waals surface area (Å²) >= 11 is 1.02. The fourth-order valence-electron chi connectivity index (χ4n) is 2.57. The second-order valence-corrected chi connectivity index (χ2v) is 8.28. The molecule has 3 aromatic rings. The number of carbonyl (C=O) groups is 2. The van der Waals surface area contributed by atoms with Gasteiger partial charge in [0.2, 0.25) is 5.91 Å². The summed E-state index contributed by atoms with van der Waals surface area (Å²) in [7, 11) is 0. The van der Waals surface area contributed by atoms with Gasteiger partial charge in [-0.2, -0.15) is 13.2 Å². The molecule has 1 unspecified atom stereocenters. The van der Waals surface area contributed by atoms with E-state index >= 15 is 0 Å². The number of nitrogens with one attached hydrogen (secondary N) is 1. The predicted octanol–water partition coefficient (Wildman–Crippen LogP) is 4.71. The largest absolute Gasteiger partial charge is 0.417 e. The van der Waals surface area contributed by atoms with Crippen molar-refractivity contribution in [1.29, 1.82) is 0 Å². The van der Waals surface area contributed by atoms with Crippen molar-refractivity contribution in [2.45, 2.75) is 37.4 Å². The van der Waals surface area contributed by atoms with Gasteiger partial charge in [-0.1, -0.05) is 25.6 Å². The van der Waals surface area contributed by atoms with Crippen LogP contribution in [0.5, 0.6) is 0 Å². The normalized spacial score (nSPS) is 12.9. The average molecular weight is 436 g/mol. The molecule has 6 nitrogen and oxygen atoms in total. The Hall–Kier alpha value is -2.88. The van der Waals surface area contributed by atoms with Crippen LogP contribution in [0.1, 0.15) is 36.7 Å². The third-order valence-corrected chi connectivity index (χ3v) is 5.37. The Bertz CT molecular complexity index is 1080. The van der Waals surface area contributed by atoms with Crippen molar-refractivity contribution in [2.75, 3.05) is 5.32 Å². The molecular formula is C20H19F3N4O2S. The van der Waals surface area contributed by atoms with Crippen LogP contribution in [0.4, 0.5) is 18.9 Å². The quantitative estimate of drug-likeness (QED) is 0.448. The molecule has 0 saturated heterocycles. The van der Waals surface area contributed by atoms with Gasteiger partial charge >= 0.3 is 6.18 Å². The van der Waals surface area contributed by atoms with Gasteiger partial charge in [-0.3, -0.25) is 14.0 Å². The number of ketones is 1. The molecule has 0 aliphatic rings. The Balaban J connectivity index is 1.75. The van der Waals surface area contributed by atoms with Gasteiger partial charge in [-0.25, -0.2) is 0 Å². The van der Waals surface area contributed by atoms with E-state index in [0.29, 0.717) is 11.3 Å². The van der Waals surface area contributed by atoms with E-state index in [4.69, 9.17) is 0 Å². The molecule has 0 aliphatic heterocycles. The van der Waals surface area contributed by atoms with Crippen LogP contribution < -0.4 is 5.32 Å². The monoisotopic (exact) mass is 436 g/mol. The van der Waals surface area contributed by atoms with Crippen LogP contribution in [0.3, 0.4) is 0 Å². The van der Waals surface area contributed by atoms with Crippen LogP contribution in [0.15, 0.2) is 47.8 Å². The fraction of sp³-hybridized carbons (Fsp3) is 0.300. The molecule has 0 saturated carbocycles. The van der Waals surface area contributed by atoms with Crippen LogP contribution in [-0.2, 0) is 11.0 Å². The third-order valence-electron chi connectivity index (χ3n) is 4.31. The van der Waals surface area contributed by atoms with Gasteiger partial charge in [0.25, 0.3) is 0 Å². The van der Waals surface area contributed by atoms with E-state index in [1.165, 1.54) is 10.5 Å². The number of rotatable bonds is 6. The molecule has 30 heavy (non-hydrogen) atoms. The van der Waals surface area contributed by atoms with Gasteiger partial charge in [0.15, 0.2) is 16.6 Å². The Morgan fingerprint density at radius 3 is 2.30 bits per heavy atom. The van der Waals surface area contributed by atoms with Crippen molar-refractivity contribution in [3.63, 3.8) is 0 Å². The average Bonchev–Trinajstić information content (AvgIpc) is 3.09. The first-order valence-corrected chi connectivity index (χ1v) is 9.98.